The Kier molecular flexibility index (Phi) is 7.53. The van der Waals surface area contributed by atoms with Crippen LogP contribution in [0.5, 0.6) is 11.5 Å². The summed E-state index contributed by atoms with van der Waals surface area (Å²) in [4.78, 5) is 15.9. The van der Waals surface area contributed by atoms with Crippen molar-refractivity contribution in [1.29, 1.82) is 0 Å². The number of hydrogen-bond acceptors (Lipinski definition) is 5. The number of carbonyl (C=O) groups is 1. The van der Waals surface area contributed by atoms with Gasteiger partial charge in [0.25, 0.3) is 0 Å². The van der Waals surface area contributed by atoms with Crippen LogP contribution in [0.4, 0.5) is 5.69 Å². The van der Waals surface area contributed by atoms with Gasteiger partial charge in [0, 0.05) is 17.1 Å². The summed E-state index contributed by atoms with van der Waals surface area (Å²) in [5, 5.41) is 5.08. The number of nitrogens with one attached hydrogen (secondary N) is 1. The molecule has 29 heavy (non-hydrogen) atoms. The normalized spacial score (nSPS) is 10.4. The average molecular weight is 411 g/mol. The molecular formula is C23H26N2O3S. The lowest BCUT2D eigenvalue weighted by Gasteiger charge is -2.24. The van der Waals surface area contributed by atoms with E-state index in [2.05, 4.69) is 21.7 Å². The van der Waals surface area contributed by atoms with Gasteiger partial charge in [-0.3, -0.25) is 4.79 Å². The zero-order valence-corrected chi connectivity index (χ0v) is 17.6. The van der Waals surface area contributed by atoms with Gasteiger partial charge in [-0.05, 0) is 59.8 Å². The highest BCUT2D eigenvalue weighted by Crippen LogP contribution is 2.22. The van der Waals surface area contributed by atoms with Gasteiger partial charge >= 0.3 is 0 Å². The highest BCUT2D eigenvalue weighted by Gasteiger charge is 2.13. The van der Waals surface area contributed by atoms with E-state index < -0.39 is 0 Å². The number of thiophene rings is 1. The molecule has 0 radical (unpaired) electrons. The number of nitrogens with zero attached hydrogens (tertiary/aromatic N) is 1. The van der Waals surface area contributed by atoms with E-state index in [1.54, 1.807) is 25.6 Å². The van der Waals surface area contributed by atoms with Gasteiger partial charge in [0.05, 0.1) is 27.3 Å². The highest BCUT2D eigenvalue weighted by atomic mass is 32.1. The average Bonchev–Trinajstić information content (AvgIpc) is 3.27. The quantitative estimate of drug-likeness (QED) is 0.546. The molecule has 0 aliphatic rings. The monoisotopic (exact) mass is 410 g/mol. The van der Waals surface area contributed by atoms with Crippen molar-refractivity contribution in [2.24, 2.45) is 0 Å². The van der Waals surface area contributed by atoms with Crippen LogP contribution in [-0.2, 0) is 17.8 Å². The number of anilines is 1. The van der Waals surface area contributed by atoms with Gasteiger partial charge in [-0.1, -0.05) is 18.2 Å². The summed E-state index contributed by atoms with van der Waals surface area (Å²) >= 11 is 1.69. The number of methoxy groups -OCH3 is 2. The van der Waals surface area contributed by atoms with E-state index >= 15 is 0 Å². The molecule has 3 aromatic rings. The molecule has 2 aromatic carbocycles. The van der Waals surface area contributed by atoms with Crippen molar-refractivity contribution in [2.45, 2.75) is 13.0 Å². The van der Waals surface area contributed by atoms with Gasteiger partial charge in [-0.25, -0.2) is 0 Å². The van der Waals surface area contributed by atoms with E-state index in [0.29, 0.717) is 19.6 Å². The van der Waals surface area contributed by atoms with E-state index in [-0.39, 0.29) is 5.91 Å². The van der Waals surface area contributed by atoms with Gasteiger partial charge in [-0.15, -0.1) is 11.3 Å². The molecule has 1 aromatic heterocycles. The van der Waals surface area contributed by atoms with Gasteiger partial charge in [0.2, 0.25) is 5.91 Å². The second-order valence-corrected chi connectivity index (χ2v) is 7.61. The fraction of sp³-hybridized carbons (Fsp3) is 0.261. The van der Waals surface area contributed by atoms with Crippen molar-refractivity contribution in [3.63, 3.8) is 0 Å². The minimum absolute atomic E-state index is 0.00545. The van der Waals surface area contributed by atoms with Crippen molar-refractivity contribution < 1.29 is 14.3 Å². The van der Waals surface area contributed by atoms with Gasteiger partial charge in [-0.2, -0.15) is 0 Å². The fourth-order valence-corrected chi connectivity index (χ4v) is 3.71. The summed E-state index contributed by atoms with van der Waals surface area (Å²) in [6, 6.07) is 19.8. The Hall–Kier alpha value is -2.99. The third kappa shape index (κ3) is 6.26. The van der Waals surface area contributed by atoms with Crippen LogP contribution in [0, 0.1) is 0 Å². The topological polar surface area (TPSA) is 50.8 Å². The Morgan fingerprint density at radius 2 is 1.62 bits per heavy atom. The summed E-state index contributed by atoms with van der Waals surface area (Å²) in [6.45, 7) is 1.59. The number of carbonyl (C=O) groups excluding carboxylic acids is 1. The van der Waals surface area contributed by atoms with Crippen molar-refractivity contribution >= 4 is 22.9 Å². The summed E-state index contributed by atoms with van der Waals surface area (Å²) in [6.07, 6.45) is 0.781. The van der Waals surface area contributed by atoms with Crippen LogP contribution in [0.1, 0.15) is 10.4 Å². The summed E-state index contributed by atoms with van der Waals surface area (Å²) in [7, 11) is 3.30. The Balaban J connectivity index is 1.57. The lowest BCUT2D eigenvalue weighted by molar-refractivity contribution is -0.119. The summed E-state index contributed by atoms with van der Waals surface area (Å²) < 4.78 is 10.4. The molecule has 0 spiro atoms. The van der Waals surface area contributed by atoms with Crippen LogP contribution in [0.15, 0.2) is 66.0 Å². The molecule has 5 nitrogen and oxygen atoms in total. The molecule has 0 bridgehead atoms. The zero-order chi connectivity index (χ0) is 20.5. The molecule has 0 aliphatic carbocycles. The molecule has 1 amide bonds. The number of benzene rings is 2. The SMILES string of the molecule is COc1ccc(CCNC(=O)CN(Cc2cccs2)c2ccc(OC)cc2)cc1. The number of rotatable bonds is 10. The van der Waals surface area contributed by atoms with Crippen LogP contribution in [0.2, 0.25) is 0 Å². The lowest BCUT2D eigenvalue weighted by atomic mass is 10.1. The van der Waals surface area contributed by atoms with Gasteiger partial charge in [0.15, 0.2) is 0 Å². The molecule has 0 saturated heterocycles. The largest absolute Gasteiger partial charge is 0.497 e. The van der Waals surface area contributed by atoms with Crippen molar-refractivity contribution in [1.82, 2.24) is 5.32 Å². The lowest BCUT2D eigenvalue weighted by Crippen LogP contribution is -2.37. The zero-order valence-electron chi connectivity index (χ0n) is 16.8. The predicted octanol–water partition coefficient (Wildman–Crippen LogP) is 4.13. The van der Waals surface area contributed by atoms with E-state index in [9.17, 15) is 4.79 Å². The number of hydrogen-bond donors (Lipinski definition) is 1. The summed E-state index contributed by atoms with van der Waals surface area (Å²) in [5.74, 6) is 1.64. The molecule has 0 fully saturated rings. The van der Waals surface area contributed by atoms with Crippen LogP contribution in [0.3, 0.4) is 0 Å². The summed E-state index contributed by atoms with van der Waals surface area (Å²) in [5.41, 5.74) is 2.15. The third-order valence-corrected chi connectivity index (χ3v) is 5.45. The Bertz CT molecular complexity index is 878. The van der Waals surface area contributed by atoms with Crippen LogP contribution in [0.25, 0.3) is 0 Å². The standard InChI is InChI=1S/C23H26N2O3S/c1-27-20-9-5-18(6-10-20)13-14-24-23(26)17-25(16-22-4-3-15-29-22)19-7-11-21(28-2)12-8-19/h3-12,15H,13-14,16-17H2,1-2H3,(H,24,26). The predicted molar refractivity (Wildman–Crippen MR) is 118 cm³/mol. The maximum absolute atomic E-state index is 12.6. The van der Waals surface area contributed by atoms with E-state index in [0.717, 1.165) is 29.2 Å². The molecule has 0 aliphatic heterocycles. The maximum Gasteiger partial charge on any atom is 0.239 e. The number of amides is 1. The van der Waals surface area contributed by atoms with Crippen molar-refractivity contribution in [3.05, 3.63) is 76.5 Å². The van der Waals surface area contributed by atoms with Crippen molar-refractivity contribution in [2.75, 3.05) is 32.2 Å². The second-order valence-electron chi connectivity index (χ2n) is 6.58. The van der Waals surface area contributed by atoms with Crippen molar-refractivity contribution in [3.8, 4) is 11.5 Å². The smallest absolute Gasteiger partial charge is 0.239 e. The first-order valence-corrected chi connectivity index (χ1v) is 10.4. The van der Waals surface area contributed by atoms with Crippen LogP contribution in [-0.4, -0.2) is 33.2 Å². The molecule has 0 saturated carbocycles. The van der Waals surface area contributed by atoms with Gasteiger partial charge < -0.3 is 19.7 Å². The van der Waals surface area contributed by atoms with E-state index in [1.807, 2.05) is 54.6 Å². The molecule has 1 heterocycles. The van der Waals surface area contributed by atoms with Gasteiger partial charge in [0.1, 0.15) is 11.5 Å². The first kappa shape index (κ1) is 20.7. The molecular weight excluding hydrogens is 384 g/mol. The fourth-order valence-electron chi connectivity index (χ4n) is 2.99. The molecule has 152 valence electrons. The minimum atomic E-state index is 0.00545. The second kappa shape index (κ2) is 10.5. The first-order valence-electron chi connectivity index (χ1n) is 9.49. The molecule has 0 atom stereocenters. The third-order valence-electron chi connectivity index (χ3n) is 4.59. The Labute approximate surface area is 175 Å². The minimum Gasteiger partial charge on any atom is -0.497 e. The Morgan fingerprint density at radius 3 is 2.21 bits per heavy atom. The van der Waals surface area contributed by atoms with Crippen LogP contribution >= 0.6 is 11.3 Å². The molecule has 1 N–H and O–H groups in total. The first-order chi connectivity index (χ1) is 14.2. The molecule has 0 unspecified atom stereocenters. The molecule has 3 rings (SSSR count). The maximum atomic E-state index is 12.6. The molecule has 6 heteroatoms. The van der Waals surface area contributed by atoms with E-state index in [4.69, 9.17) is 9.47 Å². The highest BCUT2D eigenvalue weighted by molar-refractivity contribution is 7.09. The van der Waals surface area contributed by atoms with E-state index in [1.165, 1.54) is 4.88 Å². The van der Waals surface area contributed by atoms with Crippen LogP contribution < -0.4 is 19.7 Å². The Morgan fingerprint density at radius 1 is 0.966 bits per heavy atom. The number of ether oxygens (including phenoxy) is 2.